The number of pyridine rings is 1. The van der Waals surface area contributed by atoms with Crippen molar-refractivity contribution < 1.29 is 19.1 Å². The molecule has 0 bridgehead atoms. The number of aromatic amines is 1. The zero-order chi connectivity index (χ0) is 18.3. The summed E-state index contributed by atoms with van der Waals surface area (Å²) in [5.74, 6) is -2.36. The van der Waals surface area contributed by atoms with Gasteiger partial charge in [-0.05, 0) is 38.7 Å². The first-order chi connectivity index (χ1) is 11.8. The van der Waals surface area contributed by atoms with E-state index in [0.29, 0.717) is 5.52 Å². The van der Waals surface area contributed by atoms with Crippen LogP contribution < -0.4 is 5.43 Å². The third kappa shape index (κ3) is 3.00. The SMILES string of the molecule is CN(C)[C@@H]1C[C@@H](C(=O)O)N(C(=O)c2c[nH]c3ccc(F)cc3c2=O)C1. The fourth-order valence-electron chi connectivity index (χ4n) is 3.15. The van der Waals surface area contributed by atoms with Crippen molar-refractivity contribution in [3.05, 3.63) is 46.0 Å². The fraction of sp³-hybridized carbons (Fsp3) is 0.353. The van der Waals surface area contributed by atoms with Gasteiger partial charge in [0.15, 0.2) is 0 Å². The molecule has 1 fully saturated rings. The van der Waals surface area contributed by atoms with Crippen LogP contribution in [-0.4, -0.2) is 64.5 Å². The second-order valence-electron chi connectivity index (χ2n) is 6.39. The number of carboxylic acid groups (broad SMARTS) is 1. The van der Waals surface area contributed by atoms with E-state index in [4.69, 9.17) is 0 Å². The number of carbonyl (C=O) groups excluding carboxylic acids is 1. The molecular formula is C17H18FN3O4. The molecule has 25 heavy (non-hydrogen) atoms. The molecule has 2 heterocycles. The predicted molar refractivity (Wildman–Crippen MR) is 89.1 cm³/mol. The van der Waals surface area contributed by atoms with E-state index in [1.807, 2.05) is 19.0 Å². The summed E-state index contributed by atoms with van der Waals surface area (Å²) in [7, 11) is 3.62. The molecule has 0 radical (unpaired) electrons. The molecule has 3 rings (SSSR count). The molecule has 1 aliphatic heterocycles. The molecule has 7 nitrogen and oxygen atoms in total. The average molecular weight is 347 g/mol. The monoisotopic (exact) mass is 347 g/mol. The Morgan fingerprint density at radius 2 is 2.08 bits per heavy atom. The Balaban J connectivity index is 2.02. The maximum absolute atomic E-state index is 13.4. The lowest BCUT2D eigenvalue weighted by molar-refractivity contribution is -0.141. The number of halogens is 1. The summed E-state index contributed by atoms with van der Waals surface area (Å²) in [4.78, 5) is 42.7. The molecule has 0 saturated carbocycles. The number of nitrogens with zero attached hydrogens (tertiary/aromatic N) is 2. The van der Waals surface area contributed by atoms with Gasteiger partial charge in [-0.15, -0.1) is 0 Å². The van der Waals surface area contributed by atoms with E-state index < -0.39 is 29.2 Å². The van der Waals surface area contributed by atoms with Gasteiger partial charge in [0.25, 0.3) is 5.91 Å². The largest absolute Gasteiger partial charge is 0.480 e. The number of rotatable bonds is 3. The number of hydrogen-bond acceptors (Lipinski definition) is 4. The van der Waals surface area contributed by atoms with Gasteiger partial charge in [-0.25, -0.2) is 9.18 Å². The van der Waals surface area contributed by atoms with Gasteiger partial charge >= 0.3 is 5.97 Å². The summed E-state index contributed by atoms with van der Waals surface area (Å²) >= 11 is 0. The van der Waals surface area contributed by atoms with Crippen molar-refractivity contribution in [1.29, 1.82) is 0 Å². The highest BCUT2D eigenvalue weighted by Gasteiger charge is 2.41. The zero-order valence-corrected chi connectivity index (χ0v) is 13.8. The van der Waals surface area contributed by atoms with Crippen molar-refractivity contribution in [1.82, 2.24) is 14.8 Å². The van der Waals surface area contributed by atoms with Gasteiger partial charge < -0.3 is 19.9 Å². The first kappa shape index (κ1) is 17.1. The van der Waals surface area contributed by atoms with Crippen LogP contribution in [0.15, 0.2) is 29.2 Å². The Morgan fingerprint density at radius 3 is 2.72 bits per heavy atom. The van der Waals surface area contributed by atoms with Crippen molar-refractivity contribution in [3.8, 4) is 0 Å². The molecule has 1 aromatic heterocycles. The van der Waals surface area contributed by atoms with E-state index in [2.05, 4.69) is 4.98 Å². The molecule has 1 saturated heterocycles. The van der Waals surface area contributed by atoms with Gasteiger partial charge in [0, 0.05) is 29.7 Å². The van der Waals surface area contributed by atoms with Crippen LogP contribution in [0, 0.1) is 5.82 Å². The van der Waals surface area contributed by atoms with Crippen LogP contribution in [0.2, 0.25) is 0 Å². The molecule has 2 aromatic rings. The number of likely N-dealkylation sites (N-methyl/N-ethyl adjacent to an activating group) is 1. The molecule has 1 aliphatic rings. The number of aromatic nitrogens is 1. The Kier molecular flexibility index (Phi) is 4.30. The lowest BCUT2D eigenvalue weighted by atomic mass is 10.1. The molecule has 0 spiro atoms. The molecule has 0 unspecified atom stereocenters. The summed E-state index contributed by atoms with van der Waals surface area (Å²) in [6, 6.07) is 2.58. The Hall–Kier alpha value is -2.74. The van der Waals surface area contributed by atoms with Gasteiger partial charge in [0.05, 0.1) is 0 Å². The Bertz CT molecular complexity index is 908. The van der Waals surface area contributed by atoms with Gasteiger partial charge in [0.2, 0.25) is 5.43 Å². The predicted octanol–water partition coefficient (Wildman–Crippen LogP) is 0.896. The maximum Gasteiger partial charge on any atom is 0.326 e. The van der Waals surface area contributed by atoms with E-state index >= 15 is 0 Å². The average Bonchev–Trinajstić information content (AvgIpc) is 3.01. The number of nitrogens with one attached hydrogen (secondary N) is 1. The van der Waals surface area contributed by atoms with Gasteiger partial charge in [-0.1, -0.05) is 0 Å². The van der Waals surface area contributed by atoms with Crippen molar-refractivity contribution in [2.45, 2.75) is 18.5 Å². The number of amides is 1. The highest BCUT2D eigenvalue weighted by Crippen LogP contribution is 2.23. The van der Waals surface area contributed by atoms with E-state index in [-0.39, 0.29) is 30.0 Å². The fourth-order valence-corrected chi connectivity index (χ4v) is 3.15. The molecule has 1 aromatic carbocycles. The Morgan fingerprint density at radius 1 is 1.36 bits per heavy atom. The first-order valence-electron chi connectivity index (χ1n) is 7.80. The molecular weight excluding hydrogens is 329 g/mol. The lowest BCUT2D eigenvalue weighted by Crippen LogP contribution is -2.42. The lowest BCUT2D eigenvalue weighted by Gasteiger charge is -2.22. The number of hydrogen-bond donors (Lipinski definition) is 2. The minimum atomic E-state index is -1.11. The smallest absolute Gasteiger partial charge is 0.326 e. The Labute approximate surface area is 142 Å². The zero-order valence-electron chi connectivity index (χ0n) is 13.8. The van der Waals surface area contributed by atoms with Crippen molar-refractivity contribution in [2.75, 3.05) is 20.6 Å². The van der Waals surface area contributed by atoms with Crippen LogP contribution in [0.4, 0.5) is 4.39 Å². The third-order valence-electron chi connectivity index (χ3n) is 4.63. The number of carboxylic acids is 1. The topological polar surface area (TPSA) is 93.7 Å². The molecule has 2 N–H and O–H groups in total. The number of benzene rings is 1. The summed E-state index contributed by atoms with van der Waals surface area (Å²) in [5.41, 5.74) is -0.398. The van der Waals surface area contributed by atoms with E-state index in [1.165, 1.54) is 23.2 Å². The van der Waals surface area contributed by atoms with Crippen LogP contribution in [0.3, 0.4) is 0 Å². The summed E-state index contributed by atoms with van der Waals surface area (Å²) < 4.78 is 13.4. The maximum atomic E-state index is 13.4. The quantitative estimate of drug-likeness (QED) is 0.860. The van der Waals surface area contributed by atoms with E-state index in [1.54, 1.807) is 0 Å². The summed E-state index contributed by atoms with van der Waals surface area (Å²) in [5, 5.41) is 9.47. The molecule has 0 aliphatic carbocycles. The normalized spacial score (nSPS) is 20.4. The number of carbonyl (C=O) groups is 2. The summed E-state index contributed by atoms with van der Waals surface area (Å²) in [6.07, 6.45) is 1.54. The third-order valence-corrected chi connectivity index (χ3v) is 4.63. The van der Waals surface area contributed by atoms with Gasteiger partial charge in [0.1, 0.15) is 17.4 Å². The molecule has 1 amide bonds. The number of likely N-dealkylation sites (tertiary alicyclic amines) is 1. The summed E-state index contributed by atoms with van der Waals surface area (Å²) in [6.45, 7) is 0.212. The minimum absolute atomic E-state index is 0.0566. The highest BCUT2D eigenvalue weighted by molar-refractivity contribution is 5.99. The van der Waals surface area contributed by atoms with Crippen molar-refractivity contribution in [3.63, 3.8) is 0 Å². The van der Waals surface area contributed by atoms with Crippen LogP contribution >= 0.6 is 0 Å². The minimum Gasteiger partial charge on any atom is -0.480 e. The first-order valence-corrected chi connectivity index (χ1v) is 7.80. The van der Waals surface area contributed by atoms with Gasteiger partial charge in [-0.2, -0.15) is 0 Å². The molecule has 2 atom stereocenters. The number of fused-ring (bicyclic) bond motifs is 1. The highest BCUT2D eigenvalue weighted by atomic mass is 19.1. The molecule has 132 valence electrons. The standard InChI is InChI=1S/C17H18FN3O4/c1-20(2)10-6-14(17(24)25)21(8-10)16(23)12-7-19-13-4-3-9(18)5-11(13)15(12)22/h3-5,7,10,14H,6,8H2,1-2H3,(H,19,22)(H,24,25)/t10-,14+/m1/s1. The second-order valence-corrected chi connectivity index (χ2v) is 6.39. The number of H-pyrrole nitrogens is 1. The van der Waals surface area contributed by atoms with Crippen LogP contribution in [0.1, 0.15) is 16.8 Å². The van der Waals surface area contributed by atoms with E-state index in [9.17, 15) is 23.9 Å². The second kappa shape index (κ2) is 6.29. The van der Waals surface area contributed by atoms with Crippen molar-refractivity contribution >= 4 is 22.8 Å². The van der Waals surface area contributed by atoms with Crippen molar-refractivity contribution in [2.24, 2.45) is 0 Å². The van der Waals surface area contributed by atoms with Gasteiger partial charge in [-0.3, -0.25) is 9.59 Å². The molecule has 8 heteroatoms. The van der Waals surface area contributed by atoms with Crippen LogP contribution in [0.25, 0.3) is 10.9 Å². The number of aliphatic carboxylic acids is 1. The van der Waals surface area contributed by atoms with Crippen LogP contribution in [-0.2, 0) is 4.79 Å². The van der Waals surface area contributed by atoms with E-state index in [0.717, 1.165) is 6.07 Å². The van der Waals surface area contributed by atoms with Crippen LogP contribution in [0.5, 0.6) is 0 Å².